The van der Waals surface area contributed by atoms with E-state index in [0.29, 0.717) is 0 Å². The molecule has 66 valence electrons. The van der Waals surface area contributed by atoms with Gasteiger partial charge in [-0.05, 0) is 12.1 Å². The van der Waals surface area contributed by atoms with Crippen LogP contribution in [0.15, 0.2) is 18.3 Å². The van der Waals surface area contributed by atoms with Crippen LogP contribution in [0.4, 0.5) is 8.28 Å². The van der Waals surface area contributed by atoms with Gasteiger partial charge in [0.15, 0.2) is 0 Å². The highest BCUT2D eigenvalue weighted by molar-refractivity contribution is 7.85. The molecule has 0 fully saturated rings. The van der Waals surface area contributed by atoms with Crippen LogP contribution in [0.3, 0.4) is 0 Å². The fourth-order valence-electron chi connectivity index (χ4n) is 0.704. The van der Waals surface area contributed by atoms with Gasteiger partial charge >= 0.3 is 10.2 Å². The Bertz CT molecular complexity index is 377. The lowest BCUT2D eigenvalue weighted by atomic mass is 10.4. The summed E-state index contributed by atoms with van der Waals surface area (Å²) in [6, 6.07) is 1.92. The van der Waals surface area contributed by atoms with Gasteiger partial charge in [-0.3, -0.25) is 4.98 Å². The maximum atomic E-state index is 12.4. The highest BCUT2D eigenvalue weighted by atomic mass is 32.3. The van der Waals surface area contributed by atoms with Gasteiger partial charge in [0.05, 0.1) is 5.69 Å². The second-order valence-corrected chi connectivity index (χ2v) is 3.51. The summed E-state index contributed by atoms with van der Waals surface area (Å²) in [6.45, 7) is 0. The molecular weight excluding hydrogens is 188 g/mol. The monoisotopic (exact) mass is 193 g/mol. The van der Waals surface area contributed by atoms with Crippen molar-refractivity contribution in [1.29, 1.82) is 0 Å². The molecule has 0 N–H and O–H groups in total. The summed E-state index contributed by atoms with van der Waals surface area (Å²) in [5.41, 5.74) is -0.141. The predicted molar refractivity (Wildman–Crippen MR) is 37.9 cm³/mol. The molecule has 6 heteroatoms. The van der Waals surface area contributed by atoms with Gasteiger partial charge in [-0.1, -0.05) is 0 Å². The number of halogens is 2. The van der Waals surface area contributed by atoms with E-state index in [1.54, 1.807) is 0 Å². The number of pyridine rings is 1. The van der Waals surface area contributed by atoms with Gasteiger partial charge in [0, 0.05) is 6.20 Å². The van der Waals surface area contributed by atoms with E-state index in [9.17, 15) is 16.7 Å². The fourth-order valence-corrected chi connectivity index (χ4v) is 1.22. The van der Waals surface area contributed by atoms with Crippen LogP contribution in [-0.4, -0.2) is 13.4 Å². The highest BCUT2D eigenvalue weighted by Gasteiger charge is 2.09. The molecule has 0 unspecified atom stereocenters. The van der Waals surface area contributed by atoms with Crippen molar-refractivity contribution in [1.82, 2.24) is 4.98 Å². The molecular formula is C6H5F2NO2S. The summed E-state index contributed by atoms with van der Waals surface area (Å²) in [7, 11) is -4.62. The number of hydrogen-bond acceptors (Lipinski definition) is 3. The number of nitrogens with zero attached hydrogens (tertiary/aromatic N) is 1. The normalized spacial score (nSPS) is 11.5. The summed E-state index contributed by atoms with van der Waals surface area (Å²) < 4.78 is 44.6. The molecule has 12 heavy (non-hydrogen) atoms. The van der Waals surface area contributed by atoms with Crippen LogP contribution >= 0.6 is 0 Å². The Morgan fingerprint density at radius 1 is 1.50 bits per heavy atom. The Hall–Kier alpha value is -1.04. The van der Waals surface area contributed by atoms with Crippen LogP contribution in [0.1, 0.15) is 5.69 Å². The van der Waals surface area contributed by atoms with Gasteiger partial charge in [0.25, 0.3) is 0 Å². The van der Waals surface area contributed by atoms with Crippen molar-refractivity contribution in [3.63, 3.8) is 0 Å². The van der Waals surface area contributed by atoms with E-state index in [1.807, 2.05) is 0 Å². The lowest BCUT2D eigenvalue weighted by Crippen LogP contribution is -1.98. The predicted octanol–water partition coefficient (Wildman–Crippen LogP) is 1.02. The molecule has 0 saturated carbocycles. The molecule has 0 saturated heterocycles. The van der Waals surface area contributed by atoms with Crippen LogP contribution in [0.2, 0.25) is 0 Å². The maximum absolute atomic E-state index is 12.4. The van der Waals surface area contributed by atoms with Crippen LogP contribution in [0.25, 0.3) is 0 Å². The first-order chi connectivity index (χ1) is 5.47. The molecule has 0 atom stereocenters. The van der Waals surface area contributed by atoms with Crippen molar-refractivity contribution in [2.24, 2.45) is 0 Å². The van der Waals surface area contributed by atoms with Crippen LogP contribution in [-0.2, 0) is 16.0 Å². The zero-order chi connectivity index (χ0) is 9.19. The van der Waals surface area contributed by atoms with Crippen molar-refractivity contribution >= 4 is 10.2 Å². The van der Waals surface area contributed by atoms with E-state index in [-0.39, 0.29) is 5.69 Å². The lowest BCUT2D eigenvalue weighted by Gasteiger charge is -1.94. The summed E-state index contributed by atoms with van der Waals surface area (Å²) >= 11 is 0. The summed E-state index contributed by atoms with van der Waals surface area (Å²) in [6.07, 6.45) is 1.08. The first-order valence-corrected chi connectivity index (χ1v) is 4.55. The first-order valence-electron chi connectivity index (χ1n) is 3.00. The zero-order valence-corrected chi connectivity index (χ0v) is 6.68. The van der Waals surface area contributed by atoms with E-state index in [0.717, 1.165) is 18.3 Å². The minimum Gasteiger partial charge on any atom is -0.260 e. The van der Waals surface area contributed by atoms with E-state index in [4.69, 9.17) is 0 Å². The van der Waals surface area contributed by atoms with E-state index in [1.165, 1.54) is 0 Å². The van der Waals surface area contributed by atoms with E-state index >= 15 is 0 Å². The number of aromatic nitrogens is 1. The van der Waals surface area contributed by atoms with Gasteiger partial charge in [-0.2, -0.15) is 8.42 Å². The second kappa shape index (κ2) is 3.14. The number of rotatable bonds is 2. The molecule has 0 bridgehead atoms. The summed E-state index contributed by atoms with van der Waals surface area (Å²) in [5, 5.41) is 0. The van der Waals surface area contributed by atoms with Gasteiger partial charge in [-0.15, -0.1) is 3.89 Å². The number of hydrogen-bond donors (Lipinski definition) is 0. The van der Waals surface area contributed by atoms with E-state index in [2.05, 4.69) is 4.98 Å². The zero-order valence-electron chi connectivity index (χ0n) is 5.87. The lowest BCUT2D eigenvalue weighted by molar-refractivity contribution is 0.550. The smallest absolute Gasteiger partial charge is 0.260 e. The molecule has 1 aromatic heterocycles. The molecule has 0 spiro atoms. The fraction of sp³-hybridized carbons (Fsp3) is 0.167. The quantitative estimate of drug-likeness (QED) is 0.659. The Morgan fingerprint density at radius 3 is 2.67 bits per heavy atom. The van der Waals surface area contributed by atoms with Crippen LogP contribution in [0.5, 0.6) is 0 Å². The molecule has 1 rings (SSSR count). The molecule has 0 aliphatic rings. The Balaban J connectivity index is 2.91. The van der Waals surface area contributed by atoms with Crippen molar-refractivity contribution in [2.75, 3.05) is 0 Å². The molecule has 1 heterocycles. The van der Waals surface area contributed by atoms with Crippen molar-refractivity contribution in [3.8, 4) is 0 Å². The third kappa shape index (κ3) is 2.91. The highest BCUT2D eigenvalue weighted by Crippen LogP contribution is 2.05. The summed E-state index contributed by atoms with van der Waals surface area (Å²) in [5.74, 6) is -1.52. The van der Waals surface area contributed by atoms with E-state index < -0.39 is 21.8 Å². The van der Waals surface area contributed by atoms with Crippen LogP contribution in [0, 0.1) is 5.82 Å². The largest absolute Gasteiger partial charge is 0.308 e. The Morgan fingerprint density at radius 2 is 2.17 bits per heavy atom. The van der Waals surface area contributed by atoms with Crippen molar-refractivity contribution in [3.05, 3.63) is 29.8 Å². The SMILES string of the molecule is O=S(=O)(F)Cc1cc(F)ccn1. The van der Waals surface area contributed by atoms with Gasteiger partial charge in [0.2, 0.25) is 0 Å². The molecule has 1 aromatic rings. The average molecular weight is 193 g/mol. The minimum atomic E-state index is -4.62. The third-order valence-corrected chi connectivity index (χ3v) is 1.74. The van der Waals surface area contributed by atoms with Gasteiger partial charge < -0.3 is 0 Å². The molecule has 0 aliphatic heterocycles. The molecule has 0 amide bonds. The standard InChI is InChI=1S/C6H5F2NO2S/c7-5-1-2-9-6(3-5)4-12(8,10)11/h1-3H,4H2. The maximum Gasteiger partial charge on any atom is 0.308 e. The minimum absolute atomic E-state index is 0.141. The molecule has 0 aromatic carbocycles. The van der Waals surface area contributed by atoms with Crippen molar-refractivity contribution in [2.45, 2.75) is 5.75 Å². The second-order valence-electron chi connectivity index (χ2n) is 2.15. The molecule has 0 radical (unpaired) electrons. The van der Waals surface area contributed by atoms with Gasteiger partial charge in [0.1, 0.15) is 11.6 Å². The van der Waals surface area contributed by atoms with Gasteiger partial charge in [-0.25, -0.2) is 4.39 Å². The van der Waals surface area contributed by atoms with Crippen molar-refractivity contribution < 1.29 is 16.7 Å². The Kier molecular flexibility index (Phi) is 2.37. The molecule has 3 nitrogen and oxygen atoms in total. The topological polar surface area (TPSA) is 47.0 Å². The summed E-state index contributed by atoms with van der Waals surface area (Å²) in [4.78, 5) is 3.47. The third-order valence-electron chi connectivity index (χ3n) is 1.10. The average Bonchev–Trinajstić information content (AvgIpc) is 1.82. The Labute approximate surface area is 68.3 Å². The molecule has 0 aliphatic carbocycles. The first kappa shape index (κ1) is 9.05. The van der Waals surface area contributed by atoms with Crippen LogP contribution < -0.4 is 0 Å².